The van der Waals surface area contributed by atoms with Crippen molar-refractivity contribution in [3.63, 3.8) is 0 Å². The molecule has 0 fully saturated rings. The second-order valence-electron chi connectivity index (χ2n) is 3.93. The summed E-state index contributed by atoms with van der Waals surface area (Å²) in [7, 11) is 0. The van der Waals surface area contributed by atoms with E-state index in [4.69, 9.17) is 17.3 Å². The van der Waals surface area contributed by atoms with Crippen LogP contribution in [0.5, 0.6) is 0 Å². The lowest BCUT2D eigenvalue weighted by molar-refractivity contribution is 0.103. The zero-order chi connectivity index (χ0) is 12.4. The summed E-state index contributed by atoms with van der Waals surface area (Å²) in [5.41, 5.74) is 8.42. The number of hydrogen-bond donors (Lipinski definition) is 1. The maximum absolute atomic E-state index is 12.1. The molecule has 0 aliphatic rings. The summed E-state index contributed by atoms with van der Waals surface area (Å²) in [5, 5.41) is 0.463. The smallest absolute Gasteiger partial charge is 0.193 e. The second kappa shape index (κ2) is 4.60. The number of rotatable bonds is 2. The first-order valence-corrected chi connectivity index (χ1v) is 5.62. The lowest BCUT2D eigenvalue weighted by atomic mass is 10.0. The molecule has 0 atom stereocenters. The summed E-state index contributed by atoms with van der Waals surface area (Å²) >= 11 is 5.82. The molecule has 0 amide bonds. The quantitative estimate of drug-likeness (QED) is 0.650. The van der Waals surface area contributed by atoms with E-state index in [1.165, 1.54) is 0 Å². The van der Waals surface area contributed by atoms with E-state index in [0.29, 0.717) is 21.8 Å². The van der Waals surface area contributed by atoms with E-state index in [1.807, 2.05) is 31.2 Å². The first-order chi connectivity index (χ1) is 8.08. The molecule has 0 radical (unpaired) electrons. The molecule has 0 saturated heterocycles. The Morgan fingerprint density at radius 1 is 1.06 bits per heavy atom. The minimum atomic E-state index is -0.0478. The monoisotopic (exact) mass is 245 g/mol. The summed E-state index contributed by atoms with van der Waals surface area (Å²) in [5.74, 6) is -0.0478. The summed E-state index contributed by atoms with van der Waals surface area (Å²) < 4.78 is 0. The predicted molar refractivity (Wildman–Crippen MR) is 70.5 cm³/mol. The van der Waals surface area contributed by atoms with E-state index in [0.717, 1.165) is 5.56 Å². The van der Waals surface area contributed by atoms with Crippen molar-refractivity contribution in [2.24, 2.45) is 0 Å². The van der Waals surface area contributed by atoms with Gasteiger partial charge in [0.25, 0.3) is 0 Å². The van der Waals surface area contributed by atoms with Gasteiger partial charge in [-0.05, 0) is 25.1 Å². The van der Waals surface area contributed by atoms with Crippen molar-refractivity contribution in [3.8, 4) is 0 Å². The van der Waals surface area contributed by atoms with Gasteiger partial charge in [-0.3, -0.25) is 4.79 Å². The van der Waals surface area contributed by atoms with Crippen molar-refractivity contribution in [3.05, 3.63) is 64.2 Å². The van der Waals surface area contributed by atoms with Crippen molar-refractivity contribution in [1.29, 1.82) is 0 Å². The van der Waals surface area contributed by atoms with Crippen LogP contribution >= 0.6 is 11.6 Å². The van der Waals surface area contributed by atoms with Gasteiger partial charge in [0.2, 0.25) is 0 Å². The summed E-state index contributed by atoms with van der Waals surface area (Å²) in [4.78, 5) is 12.1. The van der Waals surface area contributed by atoms with Gasteiger partial charge in [-0.2, -0.15) is 0 Å². The van der Waals surface area contributed by atoms with Gasteiger partial charge in [0, 0.05) is 11.1 Å². The first kappa shape index (κ1) is 11.7. The van der Waals surface area contributed by atoms with Crippen molar-refractivity contribution >= 4 is 23.1 Å². The van der Waals surface area contributed by atoms with Crippen molar-refractivity contribution < 1.29 is 4.79 Å². The molecule has 2 nitrogen and oxygen atoms in total. The number of benzene rings is 2. The lowest BCUT2D eigenvalue weighted by Gasteiger charge is -2.04. The molecule has 0 aromatic heterocycles. The Bertz CT molecular complexity index is 561. The fourth-order valence-corrected chi connectivity index (χ4v) is 1.67. The summed E-state index contributed by atoms with van der Waals surface area (Å²) in [6.07, 6.45) is 0. The molecule has 0 bridgehead atoms. The molecule has 0 aliphatic heterocycles. The van der Waals surface area contributed by atoms with Crippen molar-refractivity contribution in [2.75, 3.05) is 5.73 Å². The second-order valence-corrected chi connectivity index (χ2v) is 4.34. The number of anilines is 1. The average Bonchev–Trinajstić information content (AvgIpc) is 2.33. The number of halogens is 1. The van der Waals surface area contributed by atoms with Gasteiger partial charge >= 0.3 is 0 Å². The number of nitrogen functional groups attached to an aromatic ring is 1. The van der Waals surface area contributed by atoms with Gasteiger partial charge in [0.15, 0.2) is 5.78 Å². The van der Waals surface area contributed by atoms with Gasteiger partial charge in [0.05, 0.1) is 10.7 Å². The Morgan fingerprint density at radius 2 is 1.65 bits per heavy atom. The number of nitrogens with two attached hydrogens (primary N) is 1. The molecule has 86 valence electrons. The highest BCUT2D eigenvalue weighted by Gasteiger charge is 2.09. The van der Waals surface area contributed by atoms with Gasteiger partial charge in [-0.15, -0.1) is 0 Å². The van der Waals surface area contributed by atoms with Crippen LogP contribution in [-0.4, -0.2) is 5.78 Å². The zero-order valence-electron chi connectivity index (χ0n) is 9.41. The van der Waals surface area contributed by atoms with E-state index in [1.54, 1.807) is 18.2 Å². The maximum atomic E-state index is 12.1. The van der Waals surface area contributed by atoms with Crippen LogP contribution in [0.3, 0.4) is 0 Å². The van der Waals surface area contributed by atoms with E-state index in [9.17, 15) is 4.79 Å². The molecule has 2 rings (SSSR count). The largest absolute Gasteiger partial charge is 0.398 e. The van der Waals surface area contributed by atoms with Crippen LogP contribution in [-0.2, 0) is 0 Å². The molecule has 2 N–H and O–H groups in total. The molecule has 2 aromatic rings. The molecule has 0 unspecified atom stereocenters. The topological polar surface area (TPSA) is 43.1 Å². The maximum Gasteiger partial charge on any atom is 0.193 e. The Kier molecular flexibility index (Phi) is 3.16. The van der Waals surface area contributed by atoms with Crippen molar-refractivity contribution in [1.82, 2.24) is 0 Å². The minimum Gasteiger partial charge on any atom is -0.398 e. The third-order valence-electron chi connectivity index (χ3n) is 2.57. The fourth-order valence-electron chi connectivity index (χ4n) is 1.56. The Balaban J connectivity index is 2.37. The number of aryl methyl sites for hydroxylation is 1. The van der Waals surface area contributed by atoms with Crippen LogP contribution < -0.4 is 5.73 Å². The third-order valence-corrected chi connectivity index (χ3v) is 2.92. The highest BCUT2D eigenvalue weighted by atomic mass is 35.5. The minimum absolute atomic E-state index is 0.0478. The van der Waals surface area contributed by atoms with E-state index in [2.05, 4.69) is 0 Å². The Hall–Kier alpha value is -1.80. The molecule has 0 saturated carbocycles. The molecule has 0 aliphatic carbocycles. The van der Waals surface area contributed by atoms with E-state index >= 15 is 0 Å². The van der Waals surface area contributed by atoms with Gasteiger partial charge < -0.3 is 5.73 Å². The molecule has 0 heterocycles. The number of carbonyl (C=O) groups is 1. The summed E-state index contributed by atoms with van der Waals surface area (Å²) in [6.45, 7) is 1.98. The number of hydrogen-bond acceptors (Lipinski definition) is 2. The van der Waals surface area contributed by atoms with E-state index < -0.39 is 0 Å². The van der Waals surface area contributed by atoms with Crippen molar-refractivity contribution in [2.45, 2.75) is 6.92 Å². The predicted octanol–water partition coefficient (Wildman–Crippen LogP) is 3.46. The van der Waals surface area contributed by atoms with Gasteiger partial charge in [-0.25, -0.2) is 0 Å². The number of carbonyl (C=O) groups excluding carboxylic acids is 1. The first-order valence-electron chi connectivity index (χ1n) is 5.24. The van der Waals surface area contributed by atoms with Gasteiger partial charge in [-0.1, -0.05) is 41.4 Å². The normalized spacial score (nSPS) is 10.2. The summed E-state index contributed by atoms with van der Waals surface area (Å²) in [6, 6.07) is 12.4. The molecule has 0 spiro atoms. The highest BCUT2D eigenvalue weighted by Crippen LogP contribution is 2.21. The Morgan fingerprint density at radius 3 is 2.24 bits per heavy atom. The SMILES string of the molecule is Cc1ccc(C(=O)c2ccc(Cl)c(N)c2)cc1. The van der Waals surface area contributed by atoms with E-state index in [-0.39, 0.29) is 5.78 Å². The van der Waals surface area contributed by atoms with Gasteiger partial charge in [0.1, 0.15) is 0 Å². The van der Waals surface area contributed by atoms with Crippen LogP contribution in [0.2, 0.25) is 5.02 Å². The molecule has 2 aromatic carbocycles. The fraction of sp³-hybridized carbons (Fsp3) is 0.0714. The number of ketones is 1. The molecule has 17 heavy (non-hydrogen) atoms. The average molecular weight is 246 g/mol. The standard InChI is InChI=1S/C14H12ClNO/c1-9-2-4-10(5-3-9)14(17)11-6-7-12(15)13(16)8-11/h2-8H,16H2,1H3. The molecule has 3 heteroatoms. The van der Waals surface area contributed by atoms with Crippen LogP contribution in [0.1, 0.15) is 21.5 Å². The lowest BCUT2D eigenvalue weighted by Crippen LogP contribution is -2.02. The zero-order valence-corrected chi connectivity index (χ0v) is 10.2. The highest BCUT2D eigenvalue weighted by molar-refractivity contribution is 6.33. The van der Waals surface area contributed by atoms with Crippen LogP contribution in [0.4, 0.5) is 5.69 Å². The van der Waals surface area contributed by atoms with Crippen LogP contribution in [0, 0.1) is 6.92 Å². The Labute approximate surface area is 105 Å². The van der Waals surface area contributed by atoms with Crippen LogP contribution in [0.25, 0.3) is 0 Å². The molecular weight excluding hydrogens is 234 g/mol. The van der Waals surface area contributed by atoms with Crippen LogP contribution in [0.15, 0.2) is 42.5 Å². The third kappa shape index (κ3) is 2.48. The molecular formula is C14H12ClNO.